The fourth-order valence-electron chi connectivity index (χ4n) is 2.41. The Kier molecular flexibility index (Phi) is 9.32. The van der Waals surface area contributed by atoms with Gasteiger partial charge < -0.3 is 14.6 Å². The number of aliphatic hydroxyl groups is 1. The van der Waals surface area contributed by atoms with Crippen molar-refractivity contribution in [3.05, 3.63) is 0 Å². The molecule has 0 atom stereocenters. The molecule has 19 heavy (non-hydrogen) atoms. The van der Waals surface area contributed by atoms with Gasteiger partial charge in [0.1, 0.15) is 0 Å². The molecule has 6 nitrogen and oxygen atoms in total. The number of rotatable bonds is 10. The Morgan fingerprint density at radius 1 is 0.789 bits per heavy atom. The first-order valence-corrected chi connectivity index (χ1v) is 7.06. The Labute approximate surface area is 116 Å². The molecule has 0 saturated carbocycles. The second kappa shape index (κ2) is 10.5. The first-order valence-electron chi connectivity index (χ1n) is 7.06. The quantitative estimate of drug-likeness (QED) is 0.559. The fourth-order valence-corrected chi connectivity index (χ4v) is 2.41. The third-order valence-electron chi connectivity index (χ3n) is 3.26. The molecule has 1 aliphatic rings. The van der Waals surface area contributed by atoms with Gasteiger partial charge in [0.05, 0.1) is 26.6 Å². The molecule has 0 aliphatic carbocycles. The summed E-state index contributed by atoms with van der Waals surface area (Å²) in [4.78, 5) is 7.10. The van der Waals surface area contributed by atoms with Gasteiger partial charge in [-0.05, 0) is 12.8 Å². The number of β-amino-alcohol motifs (C(OH)–C–C–N with tert-alkyl or cyclic N) is 1. The molecular weight excluding hydrogens is 246 g/mol. The maximum Gasteiger partial charge on any atom is 0.0559 e. The van der Waals surface area contributed by atoms with Crippen LogP contribution in [0.1, 0.15) is 12.8 Å². The van der Waals surface area contributed by atoms with Crippen LogP contribution in [0.15, 0.2) is 0 Å². The largest absolute Gasteiger partial charge is 0.395 e. The van der Waals surface area contributed by atoms with E-state index in [2.05, 4.69) is 14.7 Å². The van der Waals surface area contributed by atoms with Gasteiger partial charge in [-0.25, -0.2) is 0 Å². The van der Waals surface area contributed by atoms with Crippen molar-refractivity contribution in [3.8, 4) is 0 Å². The monoisotopic (exact) mass is 275 g/mol. The Morgan fingerprint density at radius 2 is 1.21 bits per heavy atom. The van der Waals surface area contributed by atoms with Gasteiger partial charge >= 0.3 is 0 Å². The van der Waals surface area contributed by atoms with Crippen LogP contribution in [0.5, 0.6) is 0 Å². The van der Waals surface area contributed by atoms with Gasteiger partial charge in [0.2, 0.25) is 0 Å². The van der Waals surface area contributed by atoms with Crippen molar-refractivity contribution in [1.29, 1.82) is 0 Å². The van der Waals surface area contributed by atoms with Crippen LogP contribution in [0.3, 0.4) is 0 Å². The maximum atomic E-state index is 9.10. The molecule has 0 unspecified atom stereocenters. The number of hydrogen-bond acceptors (Lipinski definition) is 6. The number of hydrogen-bond donors (Lipinski definition) is 1. The highest BCUT2D eigenvalue weighted by Crippen LogP contribution is 2.08. The second-order valence-corrected chi connectivity index (χ2v) is 5.02. The van der Waals surface area contributed by atoms with E-state index in [1.165, 1.54) is 0 Å². The fraction of sp³-hybridized carbons (Fsp3) is 1.00. The highest BCUT2D eigenvalue weighted by molar-refractivity contribution is 4.69. The molecule has 114 valence electrons. The van der Waals surface area contributed by atoms with E-state index < -0.39 is 0 Å². The van der Waals surface area contributed by atoms with Crippen molar-refractivity contribution in [2.45, 2.75) is 12.8 Å². The molecule has 0 aromatic carbocycles. The van der Waals surface area contributed by atoms with Crippen molar-refractivity contribution in [2.24, 2.45) is 0 Å². The van der Waals surface area contributed by atoms with Gasteiger partial charge in [-0.1, -0.05) is 0 Å². The number of aliphatic hydroxyl groups excluding tert-OH is 1. The van der Waals surface area contributed by atoms with Crippen LogP contribution in [0, 0.1) is 0 Å². The average Bonchev–Trinajstić information content (AvgIpc) is 2.40. The molecule has 0 aromatic heterocycles. The van der Waals surface area contributed by atoms with E-state index in [0.29, 0.717) is 0 Å². The Hall–Kier alpha value is -0.240. The first kappa shape index (κ1) is 16.8. The topological polar surface area (TPSA) is 48.4 Å². The summed E-state index contributed by atoms with van der Waals surface area (Å²) in [6.45, 7) is 7.51. The second-order valence-electron chi connectivity index (χ2n) is 5.02. The summed E-state index contributed by atoms with van der Waals surface area (Å²) < 4.78 is 10.2. The van der Waals surface area contributed by atoms with E-state index in [1.54, 1.807) is 14.2 Å². The predicted octanol–water partition coefficient (Wildman–Crippen LogP) is -0.156. The van der Waals surface area contributed by atoms with Crippen molar-refractivity contribution in [3.63, 3.8) is 0 Å². The van der Waals surface area contributed by atoms with E-state index >= 15 is 0 Å². The normalized spacial score (nSPS) is 19.1. The van der Waals surface area contributed by atoms with Crippen LogP contribution in [-0.2, 0) is 9.47 Å². The molecule has 6 heteroatoms. The van der Waals surface area contributed by atoms with Crippen molar-refractivity contribution >= 4 is 0 Å². The summed E-state index contributed by atoms with van der Waals surface area (Å²) in [6.07, 6.45) is 2.10. The predicted molar refractivity (Wildman–Crippen MR) is 74.8 cm³/mol. The van der Waals surface area contributed by atoms with Gasteiger partial charge in [-0.3, -0.25) is 14.7 Å². The van der Waals surface area contributed by atoms with E-state index in [1.807, 2.05) is 0 Å². The third kappa shape index (κ3) is 7.20. The number of methoxy groups -OCH3 is 2. The summed E-state index contributed by atoms with van der Waals surface area (Å²) in [6, 6.07) is 0. The SMILES string of the molecule is COCCCN1CN(CCO)CN(CCCOC)C1. The maximum absolute atomic E-state index is 9.10. The number of ether oxygens (including phenoxy) is 2. The van der Waals surface area contributed by atoms with Gasteiger partial charge in [-0.15, -0.1) is 0 Å². The molecule has 0 radical (unpaired) electrons. The molecule has 0 spiro atoms. The van der Waals surface area contributed by atoms with Crippen LogP contribution < -0.4 is 0 Å². The average molecular weight is 275 g/mol. The third-order valence-corrected chi connectivity index (χ3v) is 3.26. The highest BCUT2D eigenvalue weighted by Gasteiger charge is 2.22. The summed E-state index contributed by atoms with van der Waals surface area (Å²) in [5, 5.41) is 9.10. The summed E-state index contributed by atoms with van der Waals surface area (Å²) in [7, 11) is 3.48. The van der Waals surface area contributed by atoms with Crippen molar-refractivity contribution in [1.82, 2.24) is 14.7 Å². The Bertz CT molecular complexity index is 201. The molecule has 1 saturated heterocycles. The van der Waals surface area contributed by atoms with Crippen molar-refractivity contribution in [2.75, 3.05) is 73.7 Å². The first-order chi connectivity index (χ1) is 9.30. The lowest BCUT2D eigenvalue weighted by molar-refractivity contribution is -0.0394. The minimum absolute atomic E-state index is 0.220. The van der Waals surface area contributed by atoms with E-state index in [9.17, 15) is 0 Å². The van der Waals surface area contributed by atoms with Crippen LogP contribution in [0.4, 0.5) is 0 Å². The minimum atomic E-state index is 0.220. The molecule has 1 heterocycles. The molecule has 1 N–H and O–H groups in total. The molecule has 1 aliphatic heterocycles. The van der Waals surface area contributed by atoms with Gasteiger partial charge in [-0.2, -0.15) is 0 Å². The lowest BCUT2D eigenvalue weighted by Crippen LogP contribution is -2.55. The van der Waals surface area contributed by atoms with Gasteiger partial charge in [0.15, 0.2) is 0 Å². The summed E-state index contributed by atoms with van der Waals surface area (Å²) in [5.74, 6) is 0. The number of nitrogens with zero attached hydrogens (tertiary/aromatic N) is 3. The van der Waals surface area contributed by atoms with E-state index in [-0.39, 0.29) is 6.61 Å². The Balaban J connectivity index is 2.33. The molecule has 1 rings (SSSR count). The lowest BCUT2D eigenvalue weighted by Gasteiger charge is -2.42. The highest BCUT2D eigenvalue weighted by atomic mass is 16.5. The molecule has 0 bridgehead atoms. The molecule has 0 amide bonds. The minimum Gasteiger partial charge on any atom is -0.395 e. The zero-order chi connectivity index (χ0) is 13.9. The zero-order valence-corrected chi connectivity index (χ0v) is 12.4. The van der Waals surface area contributed by atoms with Crippen molar-refractivity contribution < 1.29 is 14.6 Å². The Morgan fingerprint density at radius 3 is 1.58 bits per heavy atom. The summed E-state index contributed by atoms with van der Waals surface area (Å²) >= 11 is 0. The molecule has 0 aromatic rings. The molecule has 1 fully saturated rings. The van der Waals surface area contributed by atoms with Crippen LogP contribution in [0.2, 0.25) is 0 Å². The summed E-state index contributed by atoms with van der Waals surface area (Å²) in [5.41, 5.74) is 0. The van der Waals surface area contributed by atoms with Gasteiger partial charge in [0, 0.05) is 47.1 Å². The van der Waals surface area contributed by atoms with Crippen LogP contribution in [0.25, 0.3) is 0 Å². The van der Waals surface area contributed by atoms with E-state index in [0.717, 1.165) is 65.7 Å². The van der Waals surface area contributed by atoms with Crippen LogP contribution in [-0.4, -0.2) is 93.5 Å². The smallest absolute Gasteiger partial charge is 0.0559 e. The lowest BCUT2D eigenvalue weighted by atomic mass is 10.3. The zero-order valence-electron chi connectivity index (χ0n) is 12.4. The standard InChI is InChI=1S/C13H29N3O3/c1-18-9-3-5-14-11-15(6-4-10-19-2)13-16(12-14)7-8-17/h17H,3-13H2,1-2H3. The van der Waals surface area contributed by atoms with Gasteiger partial charge in [0.25, 0.3) is 0 Å². The van der Waals surface area contributed by atoms with E-state index in [4.69, 9.17) is 14.6 Å². The molecular formula is C13H29N3O3. The van der Waals surface area contributed by atoms with Crippen LogP contribution >= 0.6 is 0 Å².